The molecule has 3 rings (SSSR count). The number of carbonyl (C=O) groups excluding carboxylic acids is 1. The minimum absolute atomic E-state index is 0.0277. The zero-order valence-electron chi connectivity index (χ0n) is 17.3. The Morgan fingerprint density at radius 3 is 2.13 bits per heavy atom. The Labute approximate surface area is 182 Å². The molecule has 3 aromatic rings. The van der Waals surface area contributed by atoms with Crippen LogP contribution in [0.2, 0.25) is 0 Å². The molecule has 1 atom stereocenters. The molecular formula is C24H23N3O3S. The molecule has 0 saturated carbocycles. The maximum atomic E-state index is 12.8. The lowest BCUT2D eigenvalue weighted by atomic mass is 9.98. The first-order valence-corrected chi connectivity index (χ1v) is 11.1. The first kappa shape index (κ1) is 22.2. The van der Waals surface area contributed by atoms with Gasteiger partial charge in [-0.3, -0.25) is 4.79 Å². The van der Waals surface area contributed by atoms with Gasteiger partial charge < -0.3 is 5.32 Å². The summed E-state index contributed by atoms with van der Waals surface area (Å²) in [5, 5.41) is 11.8. The predicted molar refractivity (Wildman–Crippen MR) is 119 cm³/mol. The van der Waals surface area contributed by atoms with E-state index in [0.29, 0.717) is 5.56 Å². The fourth-order valence-corrected chi connectivity index (χ4v) is 4.27. The van der Waals surface area contributed by atoms with E-state index in [0.717, 1.165) is 21.0 Å². The first-order valence-electron chi connectivity index (χ1n) is 9.68. The van der Waals surface area contributed by atoms with E-state index in [9.17, 15) is 13.2 Å². The van der Waals surface area contributed by atoms with E-state index in [-0.39, 0.29) is 11.4 Å². The van der Waals surface area contributed by atoms with Gasteiger partial charge in [0.05, 0.1) is 29.1 Å². The fourth-order valence-electron chi connectivity index (χ4n) is 3.14. The van der Waals surface area contributed by atoms with Crippen molar-refractivity contribution in [1.29, 1.82) is 5.26 Å². The molecule has 3 aromatic carbocycles. The van der Waals surface area contributed by atoms with Crippen molar-refractivity contribution >= 4 is 15.9 Å². The SMILES string of the molecule is Cc1ccc([C@H](NC(=O)CN(C)S(=O)(=O)c2ccc(C#N)cc2)c2ccccc2)cc1. The number of carbonyl (C=O) groups is 1. The normalized spacial score (nSPS) is 12.2. The summed E-state index contributed by atoms with van der Waals surface area (Å²) in [4.78, 5) is 12.8. The number of rotatable bonds is 7. The zero-order valence-corrected chi connectivity index (χ0v) is 18.1. The highest BCUT2D eigenvalue weighted by atomic mass is 32.2. The third kappa shape index (κ3) is 5.37. The molecule has 31 heavy (non-hydrogen) atoms. The molecule has 0 saturated heterocycles. The van der Waals surface area contributed by atoms with Crippen LogP contribution in [0.25, 0.3) is 0 Å². The van der Waals surface area contributed by atoms with Gasteiger partial charge in [-0.2, -0.15) is 9.57 Å². The van der Waals surface area contributed by atoms with Gasteiger partial charge in [-0.25, -0.2) is 8.42 Å². The highest BCUT2D eigenvalue weighted by molar-refractivity contribution is 7.89. The third-order valence-electron chi connectivity index (χ3n) is 4.91. The summed E-state index contributed by atoms with van der Waals surface area (Å²) in [6.45, 7) is 1.65. The van der Waals surface area contributed by atoms with Gasteiger partial charge in [0, 0.05) is 7.05 Å². The molecule has 0 unspecified atom stereocenters. The number of hydrogen-bond donors (Lipinski definition) is 1. The van der Waals surface area contributed by atoms with Gasteiger partial charge >= 0.3 is 0 Å². The number of nitriles is 1. The van der Waals surface area contributed by atoms with Crippen LogP contribution in [0, 0.1) is 18.3 Å². The average molecular weight is 434 g/mol. The fraction of sp³-hybridized carbons (Fsp3) is 0.167. The van der Waals surface area contributed by atoms with Crippen LogP contribution in [0.4, 0.5) is 0 Å². The van der Waals surface area contributed by atoms with E-state index in [2.05, 4.69) is 5.32 Å². The largest absolute Gasteiger partial charge is 0.344 e. The maximum absolute atomic E-state index is 12.8. The van der Waals surface area contributed by atoms with Crippen LogP contribution in [-0.2, 0) is 14.8 Å². The number of sulfonamides is 1. The molecule has 0 aromatic heterocycles. The molecule has 1 amide bonds. The molecule has 6 nitrogen and oxygen atoms in total. The van der Waals surface area contributed by atoms with Gasteiger partial charge in [-0.1, -0.05) is 60.2 Å². The Morgan fingerprint density at radius 2 is 1.55 bits per heavy atom. The van der Waals surface area contributed by atoms with Crippen LogP contribution in [0.5, 0.6) is 0 Å². The van der Waals surface area contributed by atoms with E-state index in [1.54, 1.807) is 0 Å². The molecule has 158 valence electrons. The Bertz CT molecular complexity index is 1180. The molecule has 0 spiro atoms. The lowest BCUT2D eigenvalue weighted by Crippen LogP contribution is -2.40. The van der Waals surface area contributed by atoms with Crippen molar-refractivity contribution in [2.75, 3.05) is 13.6 Å². The van der Waals surface area contributed by atoms with Gasteiger partial charge in [0.25, 0.3) is 0 Å². The van der Waals surface area contributed by atoms with Gasteiger partial charge in [0.2, 0.25) is 15.9 Å². The average Bonchev–Trinajstić information content (AvgIpc) is 2.78. The highest BCUT2D eigenvalue weighted by Gasteiger charge is 2.25. The van der Waals surface area contributed by atoms with Gasteiger partial charge in [0.15, 0.2) is 0 Å². The zero-order chi connectivity index (χ0) is 22.4. The Balaban J connectivity index is 1.78. The number of amides is 1. The van der Waals surface area contributed by atoms with Crippen LogP contribution in [0.15, 0.2) is 83.8 Å². The standard InChI is InChI=1S/C24H23N3O3S/c1-18-8-12-21(13-9-18)24(20-6-4-3-5-7-20)26-23(28)17-27(2)31(29,30)22-14-10-19(16-25)11-15-22/h3-15,24H,17H2,1-2H3,(H,26,28)/t24-/m1/s1. The van der Waals surface area contributed by atoms with Crippen LogP contribution in [-0.4, -0.2) is 32.2 Å². The number of nitrogens with zero attached hydrogens (tertiary/aromatic N) is 2. The summed E-state index contributed by atoms with van der Waals surface area (Å²) in [6, 6.07) is 24.5. The molecule has 1 N–H and O–H groups in total. The van der Waals surface area contributed by atoms with E-state index < -0.39 is 22.0 Å². The van der Waals surface area contributed by atoms with Crippen molar-refractivity contribution < 1.29 is 13.2 Å². The van der Waals surface area contributed by atoms with Crippen molar-refractivity contribution in [3.05, 3.63) is 101 Å². The second kappa shape index (κ2) is 9.56. The summed E-state index contributed by atoms with van der Waals surface area (Å²) < 4.78 is 26.6. The van der Waals surface area contributed by atoms with Gasteiger partial charge in [-0.15, -0.1) is 0 Å². The summed E-state index contributed by atoms with van der Waals surface area (Å²) >= 11 is 0. The molecule has 7 heteroatoms. The summed E-state index contributed by atoms with van der Waals surface area (Å²) in [7, 11) is -2.51. The van der Waals surface area contributed by atoms with Crippen LogP contribution < -0.4 is 5.32 Å². The third-order valence-corrected chi connectivity index (χ3v) is 6.72. The summed E-state index contributed by atoms with van der Waals surface area (Å²) in [5.41, 5.74) is 3.28. The number of nitrogens with one attached hydrogen (secondary N) is 1. The topological polar surface area (TPSA) is 90.3 Å². The summed E-state index contributed by atoms with van der Waals surface area (Å²) in [6.07, 6.45) is 0. The first-order chi connectivity index (χ1) is 14.8. The van der Waals surface area contributed by atoms with Crippen molar-refractivity contribution in [2.24, 2.45) is 0 Å². The number of hydrogen-bond acceptors (Lipinski definition) is 4. The quantitative estimate of drug-likeness (QED) is 0.618. The van der Waals surface area contributed by atoms with Crippen molar-refractivity contribution in [1.82, 2.24) is 9.62 Å². The monoisotopic (exact) mass is 433 g/mol. The number of likely N-dealkylation sites (N-methyl/N-ethyl adjacent to an activating group) is 1. The molecule has 0 radical (unpaired) electrons. The molecular weight excluding hydrogens is 410 g/mol. The minimum Gasteiger partial charge on any atom is -0.344 e. The maximum Gasteiger partial charge on any atom is 0.243 e. The lowest BCUT2D eigenvalue weighted by Gasteiger charge is -2.22. The van der Waals surface area contributed by atoms with Crippen LogP contribution in [0.3, 0.4) is 0 Å². The van der Waals surface area contributed by atoms with Crippen molar-refractivity contribution in [2.45, 2.75) is 17.9 Å². The molecule has 0 aliphatic carbocycles. The predicted octanol–water partition coefficient (Wildman–Crippen LogP) is 3.39. The molecule has 0 heterocycles. The van der Waals surface area contributed by atoms with Crippen molar-refractivity contribution in [3.8, 4) is 6.07 Å². The van der Waals surface area contributed by atoms with Crippen LogP contribution in [0.1, 0.15) is 28.3 Å². The summed E-state index contributed by atoms with van der Waals surface area (Å²) in [5.74, 6) is -0.422. The lowest BCUT2D eigenvalue weighted by molar-refractivity contribution is -0.121. The second-order valence-electron chi connectivity index (χ2n) is 7.22. The smallest absolute Gasteiger partial charge is 0.243 e. The molecule has 0 fully saturated rings. The van der Waals surface area contributed by atoms with E-state index >= 15 is 0 Å². The molecule has 0 aliphatic rings. The van der Waals surface area contributed by atoms with E-state index in [1.807, 2.05) is 67.6 Å². The molecule has 0 aliphatic heterocycles. The Hall–Kier alpha value is -3.47. The number of benzene rings is 3. The number of aryl methyl sites for hydroxylation is 1. The highest BCUT2D eigenvalue weighted by Crippen LogP contribution is 2.23. The van der Waals surface area contributed by atoms with Gasteiger partial charge in [-0.05, 0) is 42.3 Å². The Morgan fingerprint density at radius 1 is 0.968 bits per heavy atom. The van der Waals surface area contributed by atoms with Gasteiger partial charge in [0.1, 0.15) is 0 Å². The molecule has 0 bridgehead atoms. The van der Waals surface area contributed by atoms with E-state index in [1.165, 1.54) is 31.3 Å². The van der Waals surface area contributed by atoms with Crippen LogP contribution >= 0.6 is 0 Å². The Kier molecular flexibility index (Phi) is 6.85. The van der Waals surface area contributed by atoms with E-state index in [4.69, 9.17) is 5.26 Å². The van der Waals surface area contributed by atoms with Crippen molar-refractivity contribution in [3.63, 3.8) is 0 Å². The second-order valence-corrected chi connectivity index (χ2v) is 9.26. The minimum atomic E-state index is -3.87.